The number of likely N-dealkylation sites (tertiary alicyclic amines) is 1. The molecule has 1 aliphatic heterocycles. The van der Waals surface area contributed by atoms with Gasteiger partial charge >= 0.3 is 0 Å². The van der Waals surface area contributed by atoms with Crippen molar-refractivity contribution in [1.29, 1.82) is 0 Å². The number of nitrogens with zero attached hydrogens (tertiary/aromatic N) is 2. The van der Waals surface area contributed by atoms with Gasteiger partial charge in [0, 0.05) is 12.1 Å². The summed E-state index contributed by atoms with van der Waals surface area (Å²) >= 11 is 0. The lowest BCUT2D eigenvalue weighted by atomic mass is 9.97. The third-order valence-electron chi connectivity index (χ3n) is 5.27. The predicted octanol–water partition coefficient (Wildman–Crippen LogP) is 4.52. The molecule has 1 fully saturated rings. The number of fused-ring (bicyclic) bond motifs is 1. The Bertz CT molecular complexity index is 1030. The van der Waals surface area contributed by atoms with Crippen molar-refractivity contribution in [3.05, 3.63) is 82.4 Å². The lowest BCUT2D eigenvalue weighted by Crippen LogP contribution is -2.33. The fourth-order valence-electron chi connectivity index (χ4n) is 4.02. The minimum atomic E-state index is -0.482. The van der Waals surface area contributed by atoms with Crippen LogP contribution in [0.3, 0.4) is 0 Å². The molecule has 0 aromatic heterocycles. The van der Waals surface area contributed by atoms with E-state index in [0.29, 0.717) is 0 Å². The first-order valence-corrected chi connectivity index (χ1v) is 9.38. The highest BCUT2D eigenvalue weighted by Crippen LogP contribution is 2.35. The molecule has 3 aromatic carbocycles. The Kier molecular flexibility index (Phi) is 5.04. The van der Waals surface area contributed by atoms with Gasteiger partial charge in [0.15, 0.2) is 0 Å². The Morgan fingerprint density at radius 3 is 2.68 bits per heavy atom. The highest BCUT2D eigenvalue weighted by Gasteiger charge is 2.29. The first-order chi connectivity index (χ1) is 13.6. The van der Waals surface area contributed by atoms with E-state index in [1.807, 2.05) is 12.1 Å². The maximum absolute atomic E-state index is 12.6. The van der Waals surface area contributed by atoms with Gasteiger partial charge in [-0.1, -0.05) is 54.6 Å². The number of benzene rings is 3. The summed E-state index contributed by atoms with van der Waals surface area (Å²) in [6, 6.07) is 20.9. The third kappa shape index (κ3) is 3.59. The van der Waals surface area contributed by atoms with E-state index in [1.54, 1.807) is 18.2 Å². The fraction of sp³-hybridized carbons (Fsp3) is 0.227. The largest absolute Gasteiger partial charge is 0.319 e. The quantitative estimate of drug-likeness (QED) is 0.525. The van der Waals surface area contributed by atoms with Crippen molar-refractivity contribution in [2.45, 2.75) is 18.9 Å². The van der Waals surface area contributed by atoms with Crippen LogP contribution in [0.2, 0.25) is 0 Å². The monoisotopic (exact) mass is 375 g/mol. The summed E-state index contributed by atoms with van der Waals surface area (Å²) in [6.45, 7) is 1.04. The van der Waals surface area contributed by atoms with Crippen molar-refractivity contribution in [3.63, 3.8) is 0 Å². The number of amides is 1. The average molecular weight is 375 g/mol. The zero-order valence-electron chi connectivity index (χ0n) is 15.4. The highest BCUT2D eigenvalue weighted by molar-refractivity contribution is 5.94. The summed E-state index contributed by atoms with van der Waals surface area (Å²) in [5, 5.41) is 16.3. The molecule has 0 bridgehead atoms. The van der Waals surface area contributed by atoms with Gasteiger partial charge in [-0.15, -0.1) is 0 Å². The number of rotatable bonds is 5. The number of anilines is 1. The van der Waals surface area contributed by atoms with Crippen molar-refractivity contribution in [2.75, 3.05) is 18.4 Å². The second kappa shape index (κ2) is 7.78. The molecule has 0 radical (unpaired) electrons. The van der Waals surface area contributed by atoms with Crippen LogP contribution in [0, 0.1) is 10.1 Å². The van der Waals surface area contributed by atoms with Crippen LogP contribution < -0.4 is 5.32 Å². The fourth-order valence-corrected chi connectivity index (χ4v) is 4.02. The van der Waals surface area contributed by atoms with Gasteiger partial charge in [-0.05, 0) is 41.8 Å². The van der Waals surface area contributed by atoms with Gasteiger partial charge in [0.25, 0.3) is 5.69 Å². The van der Waals surface area contributed by atoms with Gasteiger partial charge in [0.2, 0.25) is 5.91 Å². The zero-order chi connectivity index (χ0) is 19.5. The Balaban J connectivity index is 1.53. The molecule has 3 aromatic rings. The van der Waals surface area contributed by atoms with Crippen LogP contribution in [0.1, 0.15) is 24.4 Å². The molecule has 142 valence electrons. The van der Waals surface area contributed by atoms with Crippen molar-refractivity contribution in [3.8, 4) is 0 Å². The molecule has 0 spiro atoms. The van der Waals surface area contributed by atoms with Crippen LogP contribution in [-0.2, 0) is 4.79 Å². The SMILES string of the molecule is O=C(CN1CCCC1c1cccc2ccccc12)Nc1ccccc1[N+](=O)[O-]. The molecular weight excluding hydrogens is 354 g/mol. The number of nitro benzene ring substituents is 1. The van der Waals surface area contributed by atoms with Crippen molar-refractivity contribution < 1.29 is 9.72 Å². The van der Waals surface area contributed by atoms with Crippen LogP contribution in [0.5, 0.6) is 0 Å². The maximum atomic E-state index is 12.6. The Morgan fingerprint density at radius 2 is 1.82 bits per heavy atom. The Labute approximate surface area is 162 Å². The average Bonchev–Trinajstić information content (AvgIpc) is 3.15. The topological polar surface area (TPSA) is 75.5 Å². The summed E-state index contributed by atoms with van der Waals surface area (Å²) < 4.78 is 0. The van der Waals surface area contributed by atoms with Gasteiger partial charge in [-0.2, -0.15) is 0 Å². The third-order valence-corrected chi connectivity index (χ3v) is 5.27. The Hall–Kier alpha value is -3.25. The lowest BCUT2D eigenvalue weighted by molar-refractivity contribution is -0.383. The molecule has 0 saturated carbocycles. The molecule has 1 aliphatic rings. The highest BCUT2D eigenvalue weighted by atomic mass is 16.6. The van der Waals surface area contributed by atoms with Crippen molar-refractivity contribution in [1.82, 2.24) is 4.90 Å². The van der Waals surface area contributed by atoms with E-state index in [9.17, 15) is 14.9 Å². The van der Waals surface area contributed by atoms with Crippen LogP contribution in [-0.4, -0.2) is 28.8 Å². The number of hydrogen-bond acceptors (Lipinski definition) is 4. The summed E-state index contributed by atoms with van der Waals surface area (Å²) in [4.78, 5) is 25.4. The summed E-state index contributed by atoms with van der Waals surface area (Å²) in [7, 11) is 0. The molecule has 1 atom stereocenters. The second-order valence-corrected chi connectivity index (χ2v) is 7.02. The molecule has 6 nitrogen and oxygen atoms in total. The molecule has 28 heavy (non-hydrogen) atoms. The van der Waals surface area contributed by atoms with E-state index in [-0.39, 0.29) is 29.9 Å². The minimum absolute atomic E-state index is 0.0946. The van der Waals surface area contributed by atoms with Crippen molar-refractivity contribution in [2.24, 2.45) is 0 Å². The number of nitrogens with one attached hydrogen (secondary N) is 1. The molecule has 1 amide bonds. The zero-order valence-corrected chi connectivity index (χ0v) is 15.4. The predicted molar refractivity (Wildman–Crippen MR) is 109 cm³/mol. The molecule has 4 rings (SSSR count). The van der Waals surface area contributed by atoms with Crippen LogP contribution in [0.15, 0.2) is 66.7 Å². The van der Waals surface area contributed by atoms with Gasteiger partial charge < -0.3 is 5.32 Å². The van der Waals surface area contributed by atoms with E-state index in [4.69, 9.17) is 0 Å². The van der Waals surface area contributed by atoms with Gasteiger partial charge in [-0.25, -0.2) is 0 Å². The first-order valence-electron chi connectivity index (χ1n) is 9.38. The number of carbonyl (C=O) groups excluding carboxylic acids is 1. The smallest absolute Gasteiger partial charge is 0.292 e. The van der Waals surface area contributed by atoms with Crippen LogP contribution >= 0.6 is 0 Å². The molecule has 1 heterocycles. The molecule has 1 saturated heterocycles. The summed E-state index contributed by atoms with van der Waals surface area (Å²) in [5.41, 5.74) is 1.37. The molecular formula is C22H21N3O3. The second-order valence-electron chi connectivity index (χ2n) is 7.02. The summed E-state index contributed by atoms with van der Waals surface area (Å²) in [5.74, 6) is -0.235. The maximum Gasteiger partial charge on any atom is 0.292 e. The number of hydrogen-bond donors (Lipinski definition) is 1. The normalized spacial score (nSPS) is 16.9. The van der Waals surface area contributed by atoms with E-state index in [2.05, 4.69) is 40.5 Å². The Morgan fingerprint density at radius 1 is 1.07 bits per heavy atom. The van der Waals surface area contributed by atoms with Crippen molar-refractivity contribution >= 4 is 28.1 Å². The van der Waals surface area contributed by atoms with E-state index < -0.39 is 4.92 Å². The van der Waals surface area contributed by atoms with E-state index >= 15 is 0 Å². The molecule has 1 unspecified atom stereocenters. The van der Waals surface area contributed by atoms with Gasteiger partial charge in [-0.3, -0.25) is 19.8 Å². The van der Waals surface area contributed by atoms with Crippen LogP contribution in [0.25, 0.3) is 10.8 Å². The van der Waals surface area contributed by atoms with Gasteiger partial charge in [0.05, 0.1) is 11.5 Å². The number of para-hydroxylation sites is 2. The first kappa shape index (κ1) is 18.1. The molecule has 6 heteroatoms. The standard InChI is InChI=1S/C22H21N3O3/c26-22(23-19-11-3-4-12-21(19)25(27)28)15-24-14-6-13-20(24)18-10-5-8-16-7-1-2-9-17(16)18/h1-5,7-12,20H,6,13-15H2,(H,23,26). The van der Waals surface area contributed by atoms with E-state index in [1.165, 1.54) is 22.4 Å². The molecule has 0 aliphatic carbocycles. The minimum Gasteiger partial charge on any atom is -0.319 e. The summed E-state index contributed by atoms with van der Waals surface area (Å²) in [6.07, 6.45) is 2.01. The van der Waals surface area contributed by atoms with E-state index in [0.717, 1.165) is 19.4 Å². The van der Waals surface area contributed by atoms with Gasteiger partial charge in [0.1, 0.15) is 5.69 Å². The lowest BCUT2D eigenvalue weighted by Gasteiger charge is -2.25. The number of nitro groups is 1. The van der Waals surface area contributed by atoms with Crippen LogP contribution in [0.4, 0.5) is 11.4 Å². The number of carbonyl (C=O) groups is 1. The molecule has 1 N–H and O–H groups in total.